The maximum absolute atomic E-state index is 13.4. The number of hydrogen-bond donors (Lipinski definition) is 1. The van der Waals surface area contributed by atoms with Crippen molar-refractivity contribution in [2.24, 2.45) is 0 Å². The van der Waals surface area contributed by atoms with Crippen LogP contribution < -0.4 is 14.2 Å². The summed E-state index contributed by atoms with van der Waals surface area (Å²) >= 11 is 1.33. The minimum absolute atomic E-state index is 0.0740. The molecule has 0 radical (unpaired) electrons. The summed E-state index contributed by atoms with van der Waals surface area (Å²) in [5, 5.41) is 22.2. The van der Waals surface area contributed by atoms with Gasteiger partial charge in [-0.1, -0.05) is 25.1 Å². The predicted octanol–water partition coefficient (Wildman–Crippen LogP) is 4.53. The lowest BCUT2D eigenvalue weighted by Crippen LogP contribution is -2.48. The Morgan fingerprint density at radius 1 is 1.18 bits per heavy atom. The number of carbonyl (C=O) groups is 1. The first kappa shape index (κ1) is 24.0. The normalized spacial score (nSPS) is 21.8. The highest BCUT2D eigenvalue weighted by atomic mass is 32.2. The van der Waals surface area contributed by atoms with Gasteiger partial charge in [0.25, 0.3) is 0 Å². The fourth-order valence-corrected chi connectivity index (χ4v) is 5.70. The minimum atomic E-state index is -1.52. The van der Waals surface area contributed by atoms with Crippen LogP contribution in [0.1, 0.15) is 43.7 Å². The molecule has 1 amide bonds. The van der Waals surface area contributed by atoms with E-state index in [1.165, 1.54) is 16.7 Å². The van der Waals surface area contributed by atoms with E-state index in [-0.39, 0.29) is 18.1 Å². The van der Waals surface area contributed by atoms with Gasteiger partial charge in [0.1, 0.15) is 5.75 Å². The Morgan fingerprint density at radius 2 is 1.94 bits per heavy atom. The fourth-order valence-electron chi connectivity index (χ4n) is 4.34. The summed E-state index contributed by atoms with van der Waals surface area (Å²) in [7, 11) is 1.57. The van der Waals surface area contributed by atoms with E-state index >= 15 is 0 Å². The van der Waals surface area contributed by atoms with E-state index in [0.717, 1.165) is 12.0 Å². The zero-order chi connectivity index (χ0) is 24.3. The number of fused-ring (bicyclic) bond motifs is 1. The number of hydrogen-bond acceptors (Lipinski definition) is 7. The largest absolute Gasteiger partial charge is 0.494 e. The number of allylic oxidation sites excluding steroid dienone is 1. The van der Waals surface area contributed by atoms with E-state index in [1.807, 2.05) is 32.0 Å². The van der Waals surface area contributed by atoms with Gasteiger partial charge in [-0.2, -0.15) is 5.26 Å². The second kappa shape index (κ2) is 10.00. The summed E-state index contributed by atoms with van der Waals surface area (Å²) in [5.41, 5.74) is 0.331. The highest BCUT2D eigenvalue weighted by Gasteiger charge is 2.51. The zero-order valence-corrected chi connectivity index (χ0v) is 20.4. The molecule has 7 nitrogen and oxygen atoms in total. The Bertz CT molecular complexity index is 1140. The number of amides is 1. The van der Waals surface area contributed by atoms with Crippen molar-refractivity contribution in [2.45, 2.75) is 38.3 Å². The van der Waals surface area contributed by atoms with Gasteiger partial charge in [0.2, 0.25) is 5.91 Å². The van der Waals surface area contributed by atoms with Crippen molar-refractivity contribution in [1.29, 1.82) is 5.26 Å². The van der Waals surface area contributed by atoms with E-state index in [2.05, 4.69) is 6.07 Å². The maximum atomic E-state index is 13.4. The number of nitrogens with zero attached hydrogens (tertiary/aromatic N) is 2. The molecule has 178 valence electrons. The first-order valence-corrected chi connectivity index (χ1v) is 12.3. The average molecular weight is 481 g/mol. The summed E-state index contributed by atoms with van der Waals surface area (Å²) in [4.78, 5) is 14.8. The standard InChI is InChI=1S/C26H28N2O5S/c1-4-12-33-22-11-6-17(13-23(22)31-3)20-14-24(29)28-25(21(20)15-27)34-16-26(28,30)18-7-9-19(10-8-18)32-5-2/h6-11,13,20,30H,4-5,12,14,16H2,1-3H3. The molecule has 2 aliphatic heterocycles. The summed E-state index contributed by atoms with van der Waals surface area (Å²) in [5.74, 6) is 1.47. The third-order valence-electron chi connectivity index (χ3n) is 5.99. The Kier molecular flexibility index (Phi) is 7.05. The monoisotopic (exact) mass is 480 g/mol. The quantitative estimate of drug-likeness (QED) is 0.594. The number of methoxy groups -OCH3 is 1. The first-order valence-electron chi connectivity index (χ1n) is 11.3. The third-order valence-corrected chi connectivity index (χ3v) is 7.21. The summed E-state index contributed by atoms with van der Waals surface area (Å²) in [6.45, 7) is 5.04. The maximum Gasteiger partial charge on any atom is 0.231 e. The molecule has 1 N–H and O–H groups in total. The van der Waals surface area contributed by atoms with Crippen LogP contribution in [0.15, 0.2) is 53.1 Å². The molecule has 2 aromatic carbocycles. The second-order valence-electron chi connectivity index (χ2n) is 8.14. The molecule has 2 aliphatic rings. The van der Waals surface area contributed by atoms with Crippen molar-refractivity contribution in [3.63, 3.8) is 0 Å². The van der Waals surface area contributed by atoms with Crippen LogP contribution in [-0.4, -0.2) is 42.0 Å². The van der Waals surface area contributed by atoms with Gasteiger partial charge in [0.05, 0.1) is 42.7 Å². The van der Waals surface area contributed by atoms with Gasteiger partial charge in [-0.05, 0) is 43.2 Å². The Hall–Kier alpha value is -3.15. The SMILES string of the molecule is CCCOc1ccc(C2CC(=O)N3C(=C2C#N)SCC3(O)c2ccc(OCC)cc2)cc1OC. The molecule has 0 aliphatic carbocycles. The molecule has 2 heterocycles. The van der Waals surface area contributed by atoms with E-state index in [4.69, 9.17) is 14.2 Å². The Labute approximate surface area is 203 Å². The molecule has 0 saturated carbocycles. The van der Waals surface area contributed by atoms with Crippen LogP contribution in [0.3, 0.4) is 0 Å². The van der Waals surface area contributed by atoms with Crippen LogP contribution >= 0.6 is 11.8 Å². The Morgan fingerprint density at radius 3 is 2.59 bits per heavy atom. The predicted molar refractivity (Wildman–Crippen MR) is 130 cm³/mol. The molecule has 2 unspecified atom stereocenters. The van der Waals surface area contributed by atoms with Crippen LogP contribution in [0.5, 0.6) is 17.2 Å². The van der Waals surface area contributed by atoms with Gasteiger partial charge in [-0.3, -0.25) is 9.69 Å². The lowest BCUT2D eigenvalue weighted by atomic mass is 9.85. The fraction of sp³-hybridized carbons (Fsp3) is 0.385. The summed E-state index contributed by atoms with van der Waals surface area (Å²) in [6, 6.07) is 14.9. The van der Waals surface area contributed by atoms with Gasteiger partial charge < -0.3 is 19.3 Å². The number of ether oxygens (including phenoxy) is 3. The minimum Gasteiger partial charge on any atom is -0.494 e. The molecule has 1 saturated heterocycles. The lowest BCUT2D eigenvalue weighted by Gasteiger charge is -2.38. The molecule has 4 rings (SSSR count). The van der Waals surface area contributed by atoms with Crippen molar-refractivity contribution in [1.82, 2.24) is 4.90 Å². The molecule has 2 atom stereocenters. The molecular weight excluding hydrogens is 452 g/mol. The summed E-state index contributed by atoms with van der Waals surface area (Å²) < 4.78 is 16.7. The van der Waals surface area contributed by atoms with E-state index in [9.17, 15) is 15.2 Å². The zero-order valence-electron chi connectivity index (χ0n) is 19.5. The van der Waals surface area contributed by atoms with Crippen LogP contribution in [-0.2, 0) is 10.5 Å². The van der Waals surface area contributed by atoms with Crippen molar-refractivity contribution < 1.29 is 24.1 Å². The van der Waals surface area contributed by atoms with E-state index < -0.39 is 11.6 Å². The molecule has 2 aromatic rings. The highest BCUT2D eigenvalue weighted by Crippen LogP contribution is 2.52. The molecule has 34 heavy (non-hydrogen) atoms. The van der Waals surface area contributed by atoms with Crippen LogP contribution in [0.4, 0.5) is 0 Å². The number of carbonyl (C=O) groups excluding carboxylic acids is 1. The number of aliphatic hydroxyl groups is 1. The van der Waals surface area contributed by atoms with Crippen LogP contribution in [0.2, 0.25) is 0 Å². The van der Waals surface area contributed by atoms with Gasteiger partial charge in [0, 0.05) is 17.9 Å². The molecule has 1 fully saturated rings. The molecule has 0 spiro atoms. The van der Waals surface area contributed by atoms with Crippen LogP contribution in [0, 0.1) is 11.3 Å². The van der Waals surface area contributed by atoms with Gasteiger partial charge in [-0.25, -0.2) is 0 Å². The smallest absolute Gasteiger partial charge is 0.231 e. The first-order chi connectivity index (χ1) is 16.5. The summed E-state index contributed by atoms with van der Waals surface area (Å²) in [6.07, 6.45) is 0.946. The highest BCUT2D eigenvalue weighted by molar-refractivity contribution is 8.03. The molecule has 8 heteroatoms. The van der Waals surface area contributed by atoms with E-state index in [1.54, 1.807) is 31.4 Å². The van der Waals surface area contributed by atoms with Crippen molar-refractivity contribution >= 4 is 17.7 Å². The molecule has 0 bridgehead atoms. The van der Waals surface area contributed by atoms with E-state index in [0.29, 0.717) is 46.6 Å². The van der Waals surface area contributed by atoms with Crippen molar-refractivity contribution in [2.75, 3.05) is 26.1 Å². The van der Waals surface area contributed by atoms with Crippen molar-refractivity contribution in [3.8, 4) is 23.3 Å². The molecule has 0 aromatic heterocycles. The van der Waals surface area contributed by atoms with Crippen LogP contribution in [0.25, 0.3) is 0 Å². The lowest BCUT2D eigenvalue weighted by molar-refractivity contribution is -0.149. The van der Waals surface area contributed by atoms with Gasteiger partial charge in [-0.15, -0.1) is 11.8 Å². The van der Waals surface area contributed by atoms with Gasteiger partial charge in [0.15, 0.2) is 17.2 Å². The molecular formula is C26H28N2O5S. The third kappa shape index (κ3) is 4.22. The number of thioether (sulfide) groups is 1. The topological polar surface area (TPSA) is 92.0 Å². The average Bonchev–Trinajstić information content (AvgIpc) is 3.22. The number of rotatable bonds is 8. The second-order valence-corrected chi connectivity index (χ2v) is 9.10. The number of benzene rings is 2. The Balaban J connectivity index is 1.69. The van der Waals surface area contributed by atoms with Crippen molar-refractivity contribution in [3.05, 3.63) is 64.2 Å². The van der Waals surface area contributed by atoms with Gasteiger partial charge >= 0.3 is 0 Å². The number of nitriles is 1.